The molecule has 9 nitrogen and oxygen atoms in total. The number of pyridine rings is 1. The number of halogens is 2. The molecule has 4 aromatic rings. The van der Waals surface area contributed by atoms with Crippen molar-refractivity contribution in [2.45, 2.75) is 31.3 Å². The number of aliphatic hydroxyl groups excluding tert-OH is 1. The Kier molecular flexibility index (Phi) is 5.56. The number of hydrogen-bond acceptors (Lipinski definition) is 6. The van der Waals surface area contributed by atoms with Gasteiger partial charge in [-0.25, -0.2) is 9.37 Å². The van der Waals surface area contributed by atoms with Crippen LogP contribution >= 0.6 is 11.6 Å². The molecule has 3 aromatic heterocycles. The normalized spacial score (nSPS) is 23.4. The van der Waals surface area contributed by atoms with Crippen molar-refractivity contribution in [1.29, 1.82) is 0 Å². The molecule has 0 aliphatic carbocycles. The van der Waals surface area contributed by atoms with Crippen LogP contribution in [-0.4, -0.2) is 67.7 Å². The molecular weight excluding hydrogens is 489 g/mol. The summed E-state index contributed by atoms with van der Waals surface area (Å²) in [6.45, 7) is 2.29. The first-order valence-corrected chi connectivity index (χ1v) is 11.9. The fourth-order valence-electron chi connectivity index (χ4n) is 5.02. The summed E-state index contributed by atoms with van der Waals surface area (Å²) in [4.78, 5) is 17.6. The lowest BCUT2D eigenvalue weighted by Crippen LogP contribution is -2.44. The first-order chi connectivity index (χ1) is 17.3. The summed E-state index contributed by atoms with van der Waals surface area (Å²) in [5.41, 5.74) is 3.43. The number of aromatic nitrogens is 4. The van der Waals surface area contributed by atoms with Crippen molar-refractivity contribution < 1.29 is 23.8 Å². The number of aliphatic hydroxyl groups is 1. The number of imidazole rings is 1. The van der Waals surface area contributed by atoms with Gasteiger partial charge in [0.2, 0.25) is 0 Å². The van der Waals surface area contributed by atoms with E-state index in [4.69, 9.17) is 21.1 Å². The van der Waals surface area contributed by atoms with Crippen molar-refractivity contribution in [3.63, 3.8) is 0 Å². The van der Waals surface area contributed by atoms with Crippen LogP contribution in [0.4, 0.5) is 4.39 Å². The Hall–Kier alpha value is -3.31. The molecule has 1 amide bonds. The summed E-state index contributed by atoms with van der Waals surface area (Å²) >= 11 is 6.67. The molecule has 0 radical (unpaired) electrons. The Balaban J connectivity index is 1.35. The second-order valence-corrected chi connectivity index (χ2v) is 9.46. The standard InChI is InChI=1S/C25H23ClFN5O4/c1-12-15(9-31(2)30-12)14-4-3-5-16(27)20(14)21-24(26)32-7-6-13(8-19(32)29-21)25(34)28-17-10-35-23-18(33)11-36-22(17)23/h3-9,17-18,22-23,33H,10-11H2,1-2H3,(H,28,34)/t17-,18+,22+,23+/m0/s1. The first kappa shape index (κ1) is 23.1. The number of aryl methyl sites for hydroxylation is 2. The maximum absolute atomic E-state index is 15.2. The number of nitrogens with zero attached hydrogens (tertiary/aromatic N) is 4. The van der Waals surface area contributed by atoms with E-state index < -0.39 is 24.1 Å². The second kappa shape index (κ2) is 8.67. The molecule has 2 aliphatic heterocycles. The Morgan fingerprint density at radius 3 is 2.81 bits per heavy atom. The summed E-state index contributed by atoms with van der Waals surface area (Å²) in [6.07, 6.45) is 1.92. The molecule has 11 heteroatoms. The molecule has 1 aromatic carbocycles. The largest absolute Gasteiger partial charge is 0.388 e. The molecule has 2 aliphatic rings. The highest BCUT2D eigenvalue weighted by Gasteiger charge is 2.47. The Bertz CT molecular complexity index is 1500. The minimum atomic E-state index is -0.697. The van der Waals surface area contributed by atoms with Crippen LogP contribution in [-0.2, 0) is 16.5 Å². The Morgan fingerprint density at radius 1 is 1.22 bits per heavy atom. The third kappa shape index (κ3) is 3.68. The van der Waals surface area contributed by atoms with E-state index in [1.807, 2.05) is 13.1 Å². The van der Waals surface area contributed by atoms with Gasteiger partial charge in [-0.15, -0.1) is 0 Å². The predicted octanol–water partition coefficient (Wildman–Crippen LogP) is 2.76. The highest BCUT2D eigenvalue weighted by Crippen LogP contribution is 2.38. The third-order valence-electron chi connectivity index (χ3n) is 6.73. The van der Waals surface area contributed by atoms with Crippen LogP contribution in [0.5, 0.6) is 0 Å². The van der Waals surface area contributed by atoms with Crippen LogP contribution in [0.2, 0.25) is 5.15 Å². The van der Waals surface area contributed by atoms with Crippen molar-refractivity contribution in [2.24, 2.45) is 7.05 Å². The number of hydrogen-bond donors (Lipinski definition) is 2. The van der Waals surface area contributed by atoms with Gasteiger partial charge >= 0.3 is 0 Å². The van der Waals surface area contributed by atoms with Crippen LogP contribution in [0.15, 0.2) is 42.7 Å². The van der Waals surface area contributed by atoms with Gasteiger partial charge in [-0.05, 0) is 30.7 Å². The topological polar surface area (TPSA) is 103 Å². The lowest BCUT2D eigenvalue weighted by Gasteiger charge is -2.17. The molecule has 6 rings (SSSR count). The van der Waals surface area contributed by atoms with Crippen LogP contribution in [0.1, 0.15) is 16.1 Å². The number of carbonyl (C=O) groups is 1. The molecule has 0 spiro atoms. The Labute approximate surface area is 210 Å². The average molecular weight is 512 g/mol. The van der Waals surface area contributed by atoms with Gasteiger partial charge in [-0.1, -0.05) is 23.7 Å². The Morgan fingerprint density at radius 2 is 2.03 bits per heavy atom. The first-order valence-electron chi connectivity index (χ1n) is 11.5. The maximum Gasteiger partial charge on any atom is 0.251 e. The smallest absolute Gasteiger partial charge is 0.251 e. The number of ether oxygens (including phenoxy) is 2. The van der Waals surface area contributed by atoms with E-state index >= 15 is 4.39 Å². The van der Waals surface area contributed by atoms with Crippen molar-refractivity contribution in [3.05, 3.63) is 65.0 Å². The average Bonchev–Trinajstić information content (AvgIpc) is 3.59. The van der Waals surface area contributed by atoms with Crippen molar-refractivity contribution >= 4 is 23.2 Å². The summed E-state index contributed by atoms with van der Waals surface area (Å²) in [6, 6.07) is 7.64. The van der Waals surface area contributed by atoms with Crippen molar-refractivity contribution in [1.82, 2.24) is 24.5 Å². The van der Waals surface area contributed by atoms with Crippen LogP contribution < -0.4 is 5.32 Å². The van der Waals surface area contributed by atoms with E-state index in [1.165, 1.54) is 6.07 Å². The molecule has 2 saturated heterocycles. The molecule has 4 atom stereocenters. The molecule has 0 unspecified atom stereocenters. The van der Waals surface area contributed by atoms with E-state index in [-0.39, 0.29) is 41.6 Å². The van der Waals surface area contributed by atoms with Gasteiger partial charge in [-0.3, -0.25) is 13.9 Å². The van der Waals surface area contributed by atoms with Gasteiger partial charge in [0.1, 0.15) is 40.6 Å². The molecule has 2 fully saturated rings. The quantitative estimate of drug-likeness (QED) is 0.437. The number of nitrogens with one attached hydrogen (secondary N) is 1. The summed E-state index contributed by atoms with van der Waals surface area (Å²) < 4.78 is 29.6. The molecular formula is C25H23ClFN5O4. The molecule has 5 heterocycles. The van der Waals surface area contributed by atoms with E-state index in [9.17, 15) is 9.90 Å². The van der Waals surface area contributed by atoms with Crippen molar-refractivity contribution in [2.75, 3.05) is 13.2 Å². The third-order valence-corrected chi connectivity index (χ3v) is 7.09. The maximum atomic E-state index is 15.2. The lowest BCUT2D eigenvalue weighted by molar-refractivity contribution is 0.0178. The van der Waals surface area contributed by atoms with Gasteiger partial charge in [0.15, 0.2) is 0 Å². The van der Waals surface area contributed by atoms with Gasteiger partial charge in [-0.2, -0.15) is 5.10 Å². The molecule has 2 N–H and O–H groups in total. The molecule has 186 valence electrons. The fourth-order valence-corrected chi connectivity index (χ4v) is 5.30. The zero-order chi connectivity index (χ0) is 25.1. The van der Waals surface area contributed by atoms with Gasteiger partial charge in [0.25, 0.3) is 5.91 Å². The SMILES string of the molecule is Cc1nn(C)cc1-c1cccc(F)c1-c1nc2cc(C(=O)N[C@H]3CO[C@H]4[C@@H]3OC[C@H]4O)ccn2c1Cl. The van der Waals surface area contributed by atoms with Crippen LogP contribution in [0.25, 0.3) is 28.0 Å². The van der Waals surface area contributed by atoms with E-state index in [2.05, 4.69) is 15.4 Å². The molecule has 36 heavy (non-hydrogen) atoms. The van der Waals surface area contributed by atoms with Crippen molar-refractivity contribution in [3.8, 4) is 22.4 Å². The second-order valence-electron chi connectivity index (χ2n) is 9.10. The number of rotatable bonds is 4. The number of benzene rings is 1. The minimum absolute atomic E-state index is 0.180. The predicted molar refractivity (Wildman–Crippen MR) is 129 cm³/mol. The number of fused-ring (bicyclic) bond motifs is 2. The fraction of sp³-hybridized carbons (Fsp3) is 0.320. The zero-order valence-electron chi connectivity index (χ0n) is 19.5. The van der Waals surface area contributed by atoms with Crippen LogP contribution in [0, 0.1) is 12.7 Å². The van der Waals surface area contributed by atoms with Gasteiger partial charge in [0.05, 0.1) is 24.9 Å². The van der Waals surface area contributed by atoms with Crippen LogP contribution in [0.3, 0.4) is 0 Å². The highest BCUT2D eigenvalue weighted by atomic mass is 35.5. The van der Waals surface area contributed by atoms with E-state index in [1.54, 1.807) is 46.6 Å². The summed E-state index contributed by atoms with van der Waals surface area (Å²) in [7, 11) is 1.80. The van der Waals surface area contributed by atoms with E-state index in [0.717, 1.165) is 11.3 Å². The number of amides is 1. The molecule has 0 bridgehead atoms. The summed E-state index contributed by atoms with van der Waals surface area (Å²) in [5, 5.41) is 17.4. The zero-order valence-corrected chi connectivity index (χ0v) is 20.2. The lowest BCUT2D eigenvalue weighted by atomic mass is 9.98. The minimum Gasteiger partial charge on any atom is -0.388 e. The van der Waals surface area contributed by atoms with E-state index in [0.29, 0.717) is 16.8 Å². The monoisotopic (exact) mass is 511 g/mol. The highest BCUT2D eigenvalue weighted by molar-refractivity contribution is 6.32. The summed E-state index contributed by atoms with van der Waals surface area (Å²) in [5.74, 6) is -0.802. The van der Waals surface area contributed by atoms with Gasteiger partial charge in [0, 0.05) is 36.1 Å². The van der Waals surface area contributed by atoms with Gasteiger partial charge < -0.3 is 19.9 Å². The number of carbonyl (C=O) groups excluding carboxylic acids is 1. The molecule has 0 saturated carbocycles.